The molecule has 1 aromatic heterocycles. The molecule has 1 N–H and O–H groups in total. The van der Waals surface area contributed by atoms with Crippen molar-refractivity contribution in [2.75, 3.05) is 11.9 Å². The summed E-state index contributed by atoms with van der Waals surface area (Å²) in [5.41, 5.74) is 2.97. The highest BCUT2D eigenvalue weighted by atomic mass is 16.6. The third-order valence-corrected chi connectivity index (χ3v) is 4.17. The maximum absolute atomic E-state index is 12.1. The molecule has 9 heteroatoms. The molecule has 0 spiro atoms. The van der Waals surface area contributed by atoms with Crippen molar-refractivity contribution in [2.24, 2.45) is 0 Å². The Morgan fingerprint density at radius 2 is 2.00 bits per heavy atom. The summed E-state index contributed by atoms with van der Waals surface area (Å²) >= 11 is 0. The van der Waals surface area contributed by atoms with E-state index < -0.39 is 23.4 Å². The predicted molar refractivity (Wildman–Crippen MR) is 98.5 cm³/mol. The van der Waals surface area contributed by atoms with Crippen molar-refractivity contribution < 1.29 is 19.2 Å². The molecule has 1 amide bonds. The first-order valence-corrected chi connectivity index (χ1v) is 8.47. The van der Waals surface area contributed by atoms with Crippen molar-refractivity contribution in [2.45, 2.75) is 40.7 Å². The molecular formula is C18H22N4O5. The van der Waals surface area contributed by atoms with Gasteiger partial charge in [0.25, 0.3) is 5.91 Å². The molecule has 2 rings (SSSR count). The van der Waals surface area contributed by atoms with Crippen LogP contribution in [0.4, 0.5) is 11.4 Å². The van der Waals surface area contributed by atoms with E-state index in [1.807, 2.05) is 32.0 Å². The molecule has 0 atom stereocenters. The summed E-state index contributed by atoms with van der Waals surface area (Å²) in [6, 6.07) is 5.72. The Morgan fingerprint density at radius 3 is 2.59 bits per heavy atom. The summed E-state index contributed by atoms with van der Waals surface area (Å²) in [5, 5.41) is 17.7. The second-order valence-corrected chi connectivity index (χ2v) is 6.11. The number of nitrogens with zero attached hydrogens (tertiary/aromatic N) is 3. The van der Waals surface area contributed by atoms with Crippen molar-refractivity contribution in [3.63, 3.8) is 0 Å². The quantitative estimate of drug-likeness (QED) is 0.452. The number of benzene rings is 1. The minimum absolute atomic E-state index is 0.132. The number of ether oxygens (including phenoxy) is 1. The lowest BCUT2D eigenvalue weighted by Crippen LogP contribution is -2.24. The zero-order valence-corrected chi connectivity index (χ0v) is 15.7. The number of hydrogen-bond acceptors (Lipinski definition) is 6. The van der Waals surface area contributed by atoms with Crippen LogP contribution >= 0.6 is 0 Å². The lowest BCUT2D eigenvalue weighted by Gasteiger charge is -2.13. The number of hydrogen-bond donors (Lipinski definition) is 1. The second-order valence-electron chi connectivity index (χ2n) is 6.11. The van der Waals surface area contributed by atoms with Crippen molar-refractivity contribution in [1.29, 1.82) is 0 Å². The summed E-state index contributed by atoms with van der Waals surface area (Å²) < 4.78 is 6.17. The summed E-state index contributed by atoms with van der Waals surface area (Å²) in [7, 11) is 0. The van der Waals surface area contributed by atoms with E-state index in [4.69, 9.17) is 4.74 Å². The number of carbonyl (C=O) groups is 2. The third-order valence-electron chi connectivity index (χ3n) is 4.17. The third kappa shape index (κ3) is 4.69. The number of carbonyl (C=O) groups excluding carboxylic acids is 2. The zero-order valence-electron chi connectivity index (χ0n) is 15.7. The first-order chi connectivity index (χ1) is 12.7. The second kappa shape index (κ2) is 8.43. The molecule has 9 nitrogen and oxygen atoms in total. The van der Waals surface area contributed by atoms with Gasteiger partial charge in [-0.05, 0) is 38.3 Å². The average molecular weight is 374 g/mol. The predicted octanol–water partition coefficient (Wildman–Crippen LogP) is 2.46. The maximum Gasteiger partial charge on any atom is 0.328 e. The Balaban J connectivity index is 1.96. The van der Waals surface area contributed by atoms with E-state index in [0.717, 1.165) is 23.2 Å². The molecule has 0 aliphatic carbocycles. The largest absolute Gasteiger partial charge is 0.454 e. The fourth-order valence-corrected chi connectivity index (χ4v) is 2.80. The van der Waals surface area contributed by atoms with Crippen LogP contribution in [0.25, 0.3) is 0 Å². The van der Waals surface area contributed by atoms with E-state index in [1.165, 1.54) is 18.5 Å². The van der Waals surface area contributed by atoms with Crippen LogP contribution in [0.1, 0.15) is 29.4 Å². The van der Waals surface area contributed by atoms with E-state index in [-0.39, 0.29) is 23.6 Å². The standard InChI is InChI=1S/C18H22N4O5/c1-5-14-8-6-7-11(2)17(14)19-15(23)10-27-16(24)9-21-13(4)18(22(25)26)12(3)20-21/h6-8H,5,9-10H2,1-4H3,(H,19,23). The molecule has 0 fully saturated rings. The molecule has 0 radical (unpaired) electrons. The van der Waals surface area contributed by atoms with Gasteiger partial charge in [0.1, 0.15) is 17.9 Å². The van der Waals surface area contributed by atoms with Crippen LogP contribution in [0, 0.1) is 30.9 Å². The van der Waals surface area contributed by atoms with Crippen LogP contribution < -0.4 is 5.32 Å². The summed E-state index contributed by atoms with van der Waals surface area (Å²) in [6.45, 7) is 6.11. The average Bonchev–Trinajstić information content (AvgIpc) is 2.88. The van der Waals surface area contributed by atoms with Gasteiger partial charge in [-0.2, -0.15) is 5.10 Å². The highest BCUT2D eigenvalue weighted by Gasteiger charge is 2.23. The normalized spacial score (nSPS) is 10.5. The number of amides is 1. The Hall–Kier alpha value is -3.23. The first kappa shape index (κ1) is 20.1. The number of aryl methyl sites for hydroxylation is 3. The summed E-state index contributed by atoms with van der Waals surface area (Å²) in [4.78, 5) is 34.5. The highest BCUT2D eigenvalue weighted by molar-refractivity contribution is 5.94. The van der Waals surface area contributed by atoms with Crippen LogP contribution in [0.15, 0.2) is 18.2 Å². The van der Waals surface area contributed by atoms with Crippen LogP contribution in [0.5, 0.6) is 0 Å². The summed E-state index contributed by atoms with van der Waals surface area (Å²) in [5.74, 6) is -1.15. The Kier molecular flexibility index (Phi) is 6.27. The van der Waals surface area contributed by atoms with Crippen LogP contribution in [-0.4, -0.2) is 33.2 Å². The Morgan fingerprint density at radius 1 is 1.30 bits per heavy atom. The van der Waals surface area contributed by atoms with E-state index in [1.54, 1.807) is 0 Å². The van der Waals surface area contributed by atoms with E-state index >= 15 is 0 Å². The minimum atomic E-state index is -0.703. The van der Waals surface area contributed by atoms with Crippen LogP contribution in [0.3, 0.4) is 0 Å². The number of aromatic nitrogens is 2. The van der Waals surface area contributed by atoms with Gasteiger partial charge in [-0.15, -0.1) is 0 Å². The lowest BCUT2D eigenvalue weighted by molar-refractivity contribution is -0.386. The van der Waals surface area contributed by atoms with Crippen molar-refractivity contribution in [3.05, 3.63) is 50.8 Å². The summed E-state index contributed by atoms with van der Waals surface area (Å²) in [6.07, 6.45) is 0.758. The van der Waals surface area contributed by atoms with Gasteiger partial charge in [0.05, 0.1) is 4.92 Å². The van der Waals surface area contributed by atoms with E-state index in [9.17, 15) is 19.7 Å². The molecule has 27 heavy (non-hydrogen) atoms. The smallest absolute Gasteiger partial charge is 0.328 e. The van der Waals surface area contributed by atoms with E-state index in [0.29, 0.717) is 0 Å². The van der Waals surface area contributed by atoms with Gasteiger partial charge in [0.15, 0.2) is 6.61 Å². The molecular weight excluding hydrogens is 352 g/mol. The molecule has 1 heterocycles. The van der Waals surface area contributed by atoms with Gasteiger partial charge in [-0.3, -0.25) is 24.4 Å². The molecule has 0 aliphatic heterocycles. The Bertz CT molecular complexity index is 888. The van der Waals surface area contributed by atoms with Crippen molar-refractivity contribution in [1.82, 2.24) is 9.78 Å². The molecule has 0 aliphatic rings. The molecule has 0 unspecified atom stereocenters. The Labute approximate surface area is 156 Å². The fourth-order valence-electron chi connectivity index (χ4n) is 2.80. The number of nitro groups is 1. The van der Waals surface area contributed by atoms with Gasteiger partial charge < -0.3 is 10.1 Å². The van der Waals surface area contributed by atoms with Gasteiger partial charge in [-0.25, -0.2) is 0 Å². The molecule has 144 valence electrons. The number of para-hydroxylation sites is 1. The minimum Gasteiger partial charge on any atom is -0.454 e. The van der Waals surface area contributed by atoms with Gasteiger partial charge in [0, 0.05) is 5.69 Å². The fraction of sp³-hybridized carbons (Fsp3) is 0.389. The molecule has 2 aromatic rings. The molecule has 0 saturated heterocycles. The van der Waals surface area contributed by atoms with Gasteiger partial charge >= 0.3 is 11.7 Å². The molecule has 0 bridgehead atoms. The highest BCUT2D eigenvalue weighted by Crippen LogP contribution is 2.22. The topological polar surface area (TPSA) is 116 Å². The molecule has 1 aromatic carbocycles. The van der Waals surface area contributed by atoms with Crippen LogP contribution in [0.2, 0.25) is 0 Å². The van der Waals surface area contributed by atoms with Gasteiger partial charge in [0.2, 0.25) is 0 Å². The van der Waals surface area contributed by atoms with Crippen molar-refractivity contribution >= 4 is 23.3 Å². The van der Waals surface area contributed by atoms with Crippen LogP contribution in [-0.2, 0) is 27.3 Å². The van der Waals surface area contributed by atoms with E-state index in [2.05, 4.69) is 10.4 Å². The number of anilines is 1. The van der Waals surface area contributed by atoms with Crippen molar-refractivity contribution in [3.8, 4) is 0 Å². The lowest BCUT2D eigenvalue weighted by atomic mass is 10.1. The zero-order chi connectivity index (χ0) is 20.1. The van der Waals surface area contributed by atoms with Gasteiger partial charge in [-0.1, -0.05) is 25.1 Å². The SMILES string of the molecule is CCc1cccc(C)c1NC(=O)COC(=O)Cn1nc(C)c([N+](=O)[O-])c1C. The number of nitrogens with one attached hydrogen (secondary N) is 1. The monoisotopic (exact) mass is 374 g/mol. The molecule has 0 saturated carbocycles. The number of rotatable bonds is 7. The first-order valence-electron chi connectivity index (χ1n) is 8.47. The number of esters is 1. The maximum atomic E-state index is 12.1.